The van der Waals surface area contributed by atoms with Crippen molar-refractivity contribution >= 4 is 62.0 Å². The van der Waals surface area contributed by atoms with Crippen molar-refractivity contribution < 1.29 is 9.84 Å². The molecule has 0 atom stereocenters. The number of benzene rings is 2. The maximum atomic E-state index is 11.0. The number of aromatic hydroxyl groups is 1. The van der Waals surface area contributed by atoms with E-state index in [-0.39, 0.29) is 11.0 Å². The number of fused-ring (bicyclic) bond motifs is 1. The van der Waals surface area contributed by atoms with Gasteiger partial charge in [0.05, 0.1) is 31.1 Å². The number of ether oxygens (including phenoxy) is 1. The van der Waals surface area contributed by atoms with Crippen LogP contribution in [0, 0.1) is 0 Å². The van der Waals surface area contributed by atoms with E-state index in [2.05, 4.69) is 25.4 Å². The quantitative estimate of drug-likeness (QED) is 0.256. The maximum Gasteiger partial charge on any atom is 0.221 e. The number of aromatic nitrogens is 2. The molecule has 0 saturated carbocycles. The molecule has 3 heterocycles. The van der Waals surface area contributed by atoms with E-state index in [0.717, 1.165) is 35.2 Å². The summed E-state index contributed by atoms with van der Waals surface area (Å²) in [5.74, 6) is 0.0542. The SMILES string of the molecule is Oc1c(N=NC(=S)Nc2nc(-c3ccc(Cl)cc3)cs2)c2ccccc2n1CN1CCOCC1. The average molecular weight is 513 g/mol. The van der Waals surface area contributed by atoms with Crippen LogP contribution in [0.2, 0.25) is 5.02 Å². The third-order valence-corrected chi connectivity index (χ3v) is 6.65. The second-order valence-corrected chi connectivity index (χ2v) is 9.35. The molecule has 1 aliphatic heterocycles. The van der Waals surface area contributed by atoms with Gasteiger partial charge in [-0.15, -0.1) is 21.6 Å². The van der Waals surface area contributed by atoms with E-state index in [1.807, 2.05) is 58.5 Å². The van der Waals surface area contributed by atoms with Gasteiger partial charge < -0.3 is 15.2 Å². The monoisotopic (exact) mass is 512 g/mol. The lowest BCUT2D eigenvalue weighted by Gasteiger charge is -2.27. The number of thiocarbonyl (C=S) groups is 1. The second kappa shape index (κ2) is 10.2. The van der Waals surface area contributed by atoms with Gasteiger partial charge >= 0.3 is 0 Å². The molecule has 0 amide bonds. The largest absolute Gasteiger partial charge is 0.493 e. The van der Waals surface area contributed by atoms with E-state index in [1.165, 1.54) is 11.3 Å². The summed E-state index contributed by atoms with van der Waals surface area (Å²) >= 11 is 12.7. The van der Waals surface area contributed by atoms with Crippen molar-refractivity contribution in [2.24, 2.45) is 10.2 Å². The van der Waals surface area contributed by atoms with Gasteiger partial charge in [0.1, 0.15) is 0 Å². The molecule has 174 valence electrons. The number of anilines is 1. The summed E-state index contributed by atoms with van der Waals surface area (Å²) in [5.41, 5.74) is 3.04. The molecule has 2 aromatic heterocycles. The summed E-state index contributed by atoms with van der Waals surface area (Å²) in [5, 5.41) is 26.6. The number of para-hydroxylation sites is 1. The number of morpholine rings is 1. The zero-order chi connectivity index (χ0) is 23.5. The van der Waals surface area contributed by atoms with Crippen LogP contribution in [0.1, 0.15) is 0 Å². The lowest BCUT2D eigenvalue weighted by atomic mass is 10.2. The minimum Gasteiger partial charge on any atom is -0.493 e. The number of hydrogen-bond donors (Lipinski definition) is 2. The second-order valence-electron chi connectivity index (χ2n) is 7.66. The number of thiazole rings is 1. The highest BCUT2D eigenvalue weighted by molar-refractivity contribution is 7.80. The average Bonchev–Trinajstić information content (AvgIpc) is 3.42. The van der Waals surface area contributed by atoms with E-state index in [0.29, 0.717) is 35.7 Å². The van der Waals surface area contributed by atoms with Crippen LogP contribution in [0.4, 0.5) is 10.8 Å². The fourth-order valence-corrected chi connectivity index (χ4v) is 4.80. The van der Waals surface area contributed by atoms with Crippen molar-refractivity contribution in [3.05, 3.63) is 58.9 Å². The third-order valence-electron chi connectivity index (χ3n) is 5.46. The molecule has 0 spiro atoms. The first-order valence-electron chi connectivity index (χ1n) is 10.6. The topological polar surface area (TPSA) is 87.3 Å². The number of nitrogens with one attached hydrogen (secondary N) is 1. The molecule has 4 aromatic rings. The van der Waals surface area contributed by atoms with Crippen LogP contribution in [0.15, 0.2) is 64.1 Å². The van der Waals surface area contributed by atoms with E-state index >= 15 is 0 Å². The van der Waals surface area contributed by atoms with E-state index < -0.39 is 0 Å². The molecule has 0 aliphatic carbocycles. The highest BCUT2D eigenvalue weighted by atomic mass is 35.5. The molecule has 1 saturated heterocycles. The van der Waals surface area contributed by atoms with Gasteiger partial charge in [-0.05, 0) is 30.4 Å². The van der Waals surface area contributed by atoms with Crippen molar-refractivity contribution in [2.45, 2.75) is 6.67 Å². The van der Waals surface area contributed by atoms with Gasteiger partial charge in [0.15, 0.2) is 10.8 Å². The van der Waals surface area contributed by atoms with Crippen molar-refractivity contribution in [2.75, 3.05) is 31.6 Å². The minimum absolute atomic E-state index is 0.0542. The van der Waals surface area contributed by atoms with Gasteiger partial charge in [0, 0.05) is 34.4 Å². The van der Waals surface area contributed by atoms with Gasteiger partial charge in [-0.1, -0.05) is 41.9 Å². The Bertz CT molecular complexity index is 1350. The fourth-order valence-electron chi connectivity index (χ4n) is 3.75. The van der Waals surface area contributed by atoms with E-state index in [4.69, 9.17) is 28.6 Å². The van der Waals surface area contributed by atoms with E-state index in [1.54, 1.807) is 0 Å². The highest BCUT2D eigenvalue weighted by Crippen LogP contribution is 2.39. The lowest BCUT2D eigenvalue weighted by Crippen LogP contribution is -2.37. The Morgan fingerprint density at radius 3 is 2.74 bits per heavy atom. The third kappa shape index (κ3) is 4.96. The number of halogens is 1. The predicted molar refractivity (Wildman–Crippen MR) is 139 cm³/mol. The van der Waals surface area contributed by atoms with Crippen LogP contribution < -0.4 is 5.32 Å². The summed E-state index contributed by atoms with van der Waals surface area (Å²) in [6.45, 7) is 3.53. The molecule has 11 heteroatoms. The molecular weight excluding hydrogens is 492 g/mol. The Morgan fingerprint density at radius 2 is 1.94 bits per heavy atom. The van der Waals surface area contributed by atoms with Crippen LogP contribution in [0.3, 0.4) is 0 Å². The highest BCUT2D eigenvalue weighted by Gasteiger charge is 2.19. The predicted octanol–water partition coefficient (Wildman–Crippen LogP) is 5.89. The molecule has 1 fully saturated rings. The van der Waals surface area contributed by atoms with Gasteiger partial charge in [0.25, 0.3) is 0 Å². The Morgan fingerprint density at radius 1 is 1.18 bits per heavy atom. The Hall–Kier alpha value is -2.89. The molecule has 34 heavy (non-hydrogen) atoms. The smallest absolute Gasteiger partial charge is 0.221 e. The van der Waals surface area contributed by atoms with Gasteiger partial charge in [-0.25, -0.2) is 4.98 Å². The Labute approximate surface area is 210 Å². The summed E-state index contributed by atoms with van der Waals surface area (Å²) < 4.78 is 7.27. The van der Waals surface area contributed by atoms with Crippen molar-refractivity contribution in [1.29, 1.82) is 0 Å². The van der Waals surface area contributed by atoms with Crippen LogP contribution >= 0.6 is 35.2 Å². The Kier molecular flexibility index (Phi) is 6.84. The van der Waals surface area contributed by atoms with Gasteiger partial charge in [0.2, 0.25) is 11.0 Å². The zero-order valence-corrected chi connectivity index (χ0v) is 20.4. The first-order chi connectivity index (χ1) is 16.6. The maximum absolute atomic E-state index is 11.0. The van der Waals surface area contributed by atoms with Crippen molar-refractivity contribution in [3.8, 4) is 17.1 Å². The van der Waals surface area contributed by atoms with Crippen molar-refractivity contribution in [3.63, 3.8) is 0 Å². The molecule has 8 nitrogen and oxygen atoms in total. The molecule has 2 aromatic carbocycles. The van der Waals surface area contributed by atoms with Crippen LogP contribution in [0.25, 0.3) is 22.2 Å². The molecule has 2 N–H and O–H groups in total. The normalized spacial score (nSPS) is 14.7. The summed E-state index contributed by atoms with van der Waals surface area (Å²) in [7, 11) is 0. The molecule has 0 unspecified atom stereocenters. The molecule has 0 radical (unpaired) electrons. The Balaban J connectivity index is 1.33. The fraction of sp³-hybridized carbons (Fsp3) is 0.217. The van der Waals surface area contributed by atoms with Crippen LogP contribution in [0.5, 0.6) is 5.88 Å². The minimum atomic E-state index is 0.0542. The number of azo groups is 1. The van der Waals surface area contributed by atoms with Gasteiger partial charge in [-0.2, -0.15) is 0 Å². The van der Waals surface area contributed by atoms with Gasteiger partial charge in [-0.3, -0.25) is 9.47 Å². The summed E-state index contributed by atoms with van der Waals surface area (Å²) in [6, 6.07) is 15.2. The lowest BCUT2D eigenvalue weighted by molar-refractivity contribution is 0.0231. The molecule has 1 aliphatic rings. The number of rotatable bonds is 5. The molecule has 5 rings (SSSR count). The number of hydrogen-bond acceptors (Lipinski definition) is 7. The molecule has 0 bridgehead atoms. The first-order valence-corrected chi connectivity index (χ1v) is 12.3. The van der Waals surface area contributed by atoms with Crippen LogP contribution in [-0.4, -0.2) is 51.0 Å². The number of nitrogens with zero attached hydrogens (tertiary/aromatic N) is 5. The standard InChI is InChI=1S/C23H21ClN6O2S2/c24-16-7-5-15(6-8-16)18-13-34-23(25-18)26-22(33)28-27-20-17-3-1-2-4-19(17)30(21(20)31)14-29-9-11-32-12-10-29/h1-8,13,31H,9-12,14H2,(H,25,26,33). The van der Waals surface area contributed by atoms with Crippen molar-refractivity contribution in [1.82, 2.24) is 14.5 Å². The first kappa shape index (κ1) is 22.9. The summed E-state index contributed by atoms with van der Waals surface area (Å²) in [4.78, 5) is 6.77. The summed E-state index contributed by atoms with van der Waals surface area (Å²) in [6.07, 6.45) is 0. The van der Waals surface area contributed by atoms with E-state index in [9.17, 15) is 5.11 Å². The molecular formula is C23H21ClN6O2S2. The zero-order valence-electron chi connectivity index (χ0n) is 18.0. The van der Waals surface area contributed by atoms with Crippen LogP contribution in [-0.2, 0) is 11.4 Å².